The first-order chi connectivity index (χ1) is 15.5. The van der Waals surface area contributed by atoms with E-state index in [2.05, 4.69) is 33.3 Å². The molecule has 5 rings (SSSR count). The van der Waals surface area contributed by atoms with Crippen molar-refractivity contribution in [1.82, 2.24) is 24.3 Å². The van der Waals surface area contributed by atoms with E-state index >= 15 is 0 Å². The molecule has 0 saturated heterocycles. The number of hydrogen-bond donors (Lipinski definition) is 0. The van der Waals surface area contributed by atoms with E-state index in [1.165, 1.54) is 4.68 Å². The molecule has 0 aliphatic carbocycles. The second-order valence-corrected chi connectivity index (χ2v) is 7.90. The number of rotatable bonds is 5. The maximum atomic E-state index is 13.3. The average molecular weight is 425 g/mol. The molecule has 0 atom stereocenters. The van der Waals surface area contributed by atoms with Gasteiger partial charge >= 0.3 is 0 Å². The summed E-state index contributed by atoms with van der Waals surface area (Å²) < 4.78 is 8.59. The molecule has 7 nitrogen and oxygen atoms in total. The number of methoxy groups -OCH3 is 1. The normalized spacial score (nSPS) is 11.3. The number of ether oxygens (including phenoxy) is 1. The second kappa shape index (κ2) is 7.92. The zero-order chi connectivity index (χ0) is 22.2. The molecule has 0 saturated carbocycles. The van der Waals surface area contributed by atoms with Crippen LogP contribution in [0.3, 0.4) is 0 Å². The minimum absolute atomic E-state index is 0.146. The van der Waals surface area contributed by atoms with Crippen molar-refractivity contribution in [2.24, 2.45) is 7.05 Å². The van der Waals surface area contributed by atoms with Crippen LogP contribution in [0.25, 0.3) is 21.8 Å². The van der Waals surface area contributed by atoms with Gasteiger partial charge in [0.05, 0.1) is 25.5 Å². The summed E-state index contributed by atoms with van der Waals surface area (Å²) in [5.41, 5.74) is 5.38. The van der Waals surface area contributed by atoms with Crippen LogP contribution >= 0.6 is 0 Å². The number of aryl methyl sites for hydroxylation is 2. The van der Waals surface area contributed by atoms with Crippen molar-refractivity contribution in [2.75, 3.05) is 7.11 Å². The van der Waals surface area contributed by atoms with Crippen molar-refractivity contribution in [3.8, 4) is 5.88 Å². The molecular formula is C25H23N5O2. The average Bonchev–Trinajstić information content (AvgIpc) is 3.08. The van der Waals surface area contributed by atoms with Crippen LogP contribution in [0.2, 0.25) is 0 Å². The summed E-state index contributed by atoms with van der Waals surface area (Å²) in [4.78, 5) is 22.3. The summed E-state index contributed by atoms with van der Waals surface area (Å²) in [5.74, 6) is 0.511. The van der Waals surface area contributed by atoms with Gasteiger partial charge in [0.15, 0.2) is 0 Å². The summed E-state index contributed by atoms with van der Waals surface area (Å²) in [7, 11) is 3.50. The van der Waals surface area contributed by atoms with E-state index in [4.69, 9.17) is 4.74 Å². The van der Waals surface area contributed by atoms with Crippen LogP contribution in [0.1, 0.15) is 22.6 Å². The van der Waals surface area contributed by atoms with Crippen LogP contribution in [0, 0.1) is 6.92 Å². The Balaban J connectivity index is 1.56. The van der Waals surface area contributed by atoms with Gasteiger partial charge in [-0.2, -0.15) is 5.10 Å². The molecule has 0 spiro atoms. The van der Waals surface area contributed by atoms with E-state index in [9.17, 15) is 4.79 Å². The van der Waals surface area contributed by atoms with Crippen molar-refractivity contribution < 1.29 is 4.74 Å². The molecule has 0 aliphatic heterocycles. The van der Waals surface area contributed by atoms with Crippen LogP contribution in [0.5, 0.6) is 5.88 Å². The monoisotopic (exact) mass is 425 g/mol. The molecule has 0 unspecified atom stereocenters. The highest BCUT2D eigenvalue weighted by Gasteiger charge is 2.15. The van der Waals surface area contributed by atoms with Gasteiger partial charge < -0.3 is 9.30 Å². The Morgan fingerprint density at radius 1 is 0.969 bits per heavy atom. The SMILES string of the molecule is COc1cccc(Cn2ncc3c4ccc(Cc5cccc(C)n5)cc4n(C)c3c2=O)n1. The van der Waals surface area contributed by atoms with Crippen LogP contribution in [-0.4, -0.2) is 31.4 Å². The van der Waals surface area contributed by atoms with Crippen molar-refractivity contribution in [3.63, 3.8) is 0 Å². The van der Waals surface area contributed by atoms with Gasteiger partial charge in [0.25, 0.3) is 5.56 Å². The Labute approximate surface area is 184 Å². The highest BCUT2D eigenvalue weighted by atomic mass is 16.5. The van der Waals surface area contributed by atoms with Gasteiger partial charge in [-0.25, -0.2) is 9.67 Å². The predicted octanol–water partition coefficient (Wildman–Crippen LogP) is 3.63. The van der Waals surface area contributed by atoms with Gasteiger partial charge in [0.1, 0.15) is 5.52 Å². The Morgan fingerprint density at radius 3 is 2.59 bits per heavy atom. The van der Waals surface area contributed by atoms with E-state index < -0.39 is 0 Å². The third kappa shape index (κ3) is 3.51. The number of aromatic nitrogens is 5. The van der Waals surface area contributed by atoms with E-state index in [-0.39, 0.29) is 12.1 Å². The lowest BCUT2D eigenvalue weighted by atomic mass is 10.1. The zero-order valence-corrected chi connectivity index (χ0v) is 18.2. The third-order valence-electron chi connectivity index (χ3n) is 5.70. The molecule has 0 radical (unpaired) electrons. The maximum Gasteiger partial charge on any atom is 0.291 e. The summed E-state index contributed by atoms with van der Waals surface area (Å²) in [6.07, 6.45) is 2.50. The number of pyridine rings is 2. The summed E-state index contributed by atoms with van der Waals surface area (Å²) in [6, 6.07) is 17.8. The number of hydrogen-bond acceptors (Lipinski definition) is 5. The van der Waals surface area contributed by atoms with Gasteiger partial charge in [-0.05, 0) is 36.8 Å². The molecular weight excluding hydrogens is 402 g/mol. The van der Waals surface area contributed by atoms with Crippen LogP contribution in [0.4, 0.5) is 0 Å². The first-order valence-corrected chi connectivity index (χ1v) is 10.4. The first-order valence-electron chi connectivity index (χ1n) is 10.4. The number of fused-ring (bicyclic) bond motifs is 3. The molecule has 0 N–H and O–H groups in total. The lowest BCUT2D eigenvalue weighted by molar-refractivity contribution is 0.395. The number of nitrogens with zero attached hydrogens (tertiary/aromatic N) is 5. The second-order valence-electron chi connectivity index (χ2n) is 7.90. The summed E-state index contributed by atoms with van der Waals surface area (Å²) in [6.45, 7) is 2.27. The van der Waals surface area contributed by atoms with Gasteiger partial charge in [-0.3, -0.25) is 9.78 Å². The molecule has 160 valence electrons. The topological polar surface area (TPSA) is 74.8 Å². The van der Waals surface area contributed by atoms with Gasteiger partial charge in [-0.1, -0.05) is 24.3 Å². The predicted molar refractivity (Wildman–Crippen MR) is 124 cm³/mol. The largest absolute Gasteiger partial charge is 0.481 e. The molecule has 4 aromatic heterocycles. The molecule has 4 heterocycles. The highest BCUT2D eigenvalue weighted by molar-refractivity contribution is 6.07. The van der Waals surface area contributed by atoms with Crippen molar-refractivity contribution in [2.45, 2.75) is 19.9 Å². The standard InChI is InChI=1S/C25H23N5O2/c1-16-6-4-7-18(27-16)12-17-10-11-20-21-14-26-30(15-19-8-5-9-23(28-19)32-3)25(31)24(21)29(2)22(20)13-17/h4-11,13-14H,12,15H2,1-3H3. The molecule has 0 amide bonds. The van der Waals surface area contributed by atoms with E-state index in [0.29, 0.717) is 17.1 Å². The molecule has 5 aromatic rings. The van der Waals surface area contributed by atoms with E-state index in [1.807, 2.05) is 48.9 Å². The highest BCUT2D eigenvalue weighted by Crippen LogP contribution is 2.27. The Bertz CT molecular complexity index is 1520. The van der Waals surface area contributed by atoms with Crippen LogP contribution in [0.15, 0.2) is 65.6 Å². The molecule has 0 aliphatic rings. The van der Waals surface area contributed by atoms with Gasteiger partial charge in [0, 0.05) is 47.2 Å². The summed E-state index contributed by atoms with van der Waals surface area (Å²) in [5, 5.41) is 6.28. The molecule has 7 heteroatoms. The van der Waals surface area contributed by atoms with Crippen LogP contribution in [-0.2, 0) is 20.0 Å². The molecule has 1 aromatic carbocycles. The Morgan fingerprint density at radius 2 is 1.78 bits per heavy atom. The molecule has 0 bridgehead atoms. The minimum Gasteiger partial charge on any atom is -0.481 e. The lowest BCUT2D eigenvalue weighted by Crippen LogP contribution is -2.24. The third-order valence-corrected chi connectivity index (χ3v) is 5.70. The molecule has 32 heavy (non-hydrogen) atoms. The van der Waals surface area contributed by atoms with E-state index in [0.717, 1.165) is 39.7 Å². The fourth-order valence-electron chi connectivity index (χ4n) is 4.15. The van der Waals surface area contributed by atoms with Crippen LogP contribution < -0.4 is 10.3 Å². The molecule has 0 fully saturated rings. The van der Waals surface area contributed by atoms with Crippen molar-refractivity contribution in [3.05, 3.63) is 93.8 Å². The lowest BCUT2D eigenvalue weighted by Gasteiger charge is -2.06. The minimum atomic E-state index is -0.146. The fraction of sp³-hybridized carbons (Fsp3) is 0.200. The maximum absolute atomic E-state index is 13.3. The quantitative estimate of drug-likeness (QED) is 0.430. The van der Waals surface area contributed by atoms with Crippen molar-refractivity contribution >= 4 is 21.8 Å². The summed E-state index contributed by atoms with van der Waals surface area (Å²) >= 11 is 0. The fourth-order valence-corrected chi connectivity index (χ4v) is 4.15. The van der Waals surface area contributed by atoms with Gasteiger partial charge in [0.2, 0.25) is 5.88 Å². The van der Waals surface area contributed by atoms with Gasteiger partial charge in [-0.15, -0.1) is 0 Å². The van der Waals surface area contributed by atoms with E-state index in [1.54, 1.807) is 19.4 Å². The zero-order valence-electron chi connectivity index (χ0n) is 18.2. The Hall–Kier alpha value is -4.00. The Kier molecular flexibility index (Phi) is 4.93. The number of benzene rings is 1. The van der Waals surface area contributed by atoms with Crippen molar-refractivity contribution in [1.29, 1.82) is 0 Å². The first kappa shape index (κ1) is 19.9. The smallest absolute Gasteiger partial charge is 0.291 e.